The van der Waals surface area contributed by atoms with E-state index >= 15 is 0 Å². The second kappa shape index (κ2) is 4.20. The summed E-state index contributed by atoms with van der Waals surface area (Å²) in [6.45, 7) is 2.29. The van der Waals surface area contributed by atoms with Crippen molar-refractivity contribution in [2.75, 3.05) is 0 Å². The van der Waals surface area contributed by atoms with Crippen LogP contribution in [0.2, 0.25) is 0 Å². The SMILES string of the molecule is CCC1(C[C]=S)CCCCC1. The maximum absolute atomic E-state index is 4.82. The fourth-order valence-corrected chi connectivity index (χ4v) is 2.42. The zero-order valence-electron chi connectivity index (χ0n) is 7.36. The Hall–Kier alpha value is 0.0900. The van der Waals surface area contributed by atoms with Crippen LogP contribution in [0.4, 0.5) is 0 Å². The van der Waals surface area contributed by atoms with Gasteiger partial charge in [-0.15, -0.1) is 0 Å². The average Bonchev–Trinajstić information content (AvgIpc) is 2.07. The van der Waals surface area contributed by atoms with Gasteiger partial charge in [0.15, 0.2) is 0 Å². The Balaban J connectivity index is 2.49. The molecule has 0 unspecified atom stereocenters. The molecular weight excluding hydrogens is 152 g/mol. The van der Waals surface area contributed by atoms with E-state index in [9.17, 15) is 0 Å². The predicted octanol–water partition coefficient (Wildman–Crippen LogP) is 3.61. The lowest BCUT2D eigenvalue weighted by Gasteiger charge is -2.35. The molecule has 1 aliphatic rings. The van der Waals surface area contributed by atoms with Crippen molar-refractivity contribution in [3.63, 3.8) is 0 Å². The largest absolute Gasteiger partial charge is 0.0837 e. The molecule has 0 heterocycles. The summed E-state index contributed by atoms with van der Waals surface area (Å²) >= 11 is 4.82. The number of rotatable bonds is 3. The van der Waals surface area contributed by atoms with Crippen LogP contribution in [-0.4, -0.2) is 5.37 Å². The van der Waals surface area contributed by atoms with E-state index in [1.165, 1.54) is 38.5 Å². The third-order valence-corrected chi connectivity index (χ3v) is 3.26. The van der Waals surface area contributed by atoms with Gasteiger partial charge in [0.2, 0.25) is 0 Å². The van der Waals surface area contributed by atoms with Crippen molar-refractivity contribution < 1.29 is 0 Å². The molecule has 0 spiro atoms. The first-order valence-electron chi connectivity index (χ1n) is 4.68. The van der Waals surface area contributed by atoms with Crippen LogP contribution >= 0.6 is 12.2 Å². The summed E-state index contributed by atoms with van der Waals surface area (Å²) in [7, 11) is 0. The van der Waals surface area contributed by atoms with Crippen LogP contribution in [0, 0.1) is 5.41 Å². The average molecular weight is 169 g/mol. The first kappa shape index (κ1) is 9.18. The van der Waals surface area contributed by atoms with E-state index in [-0.39, 0.29) is 0 Å². The van der Waals surface area contributed by atoms with Crippen molar-refractivity contribution >= 4 is 17.6 Å². The zero-order chi connectivity index (χ0) is 8.16. The molecule has 63 valence electrons. The zero-order valence-corrected chi connectivity index (χ0v) is 8.17. The Bertz CT molecular complexity index is 123. The van der Waals surface area contributed by atoms with E-state index < -0.39 is 0 Å². The molecule has 1 radical (unpaired) electrons. The maximum atomic E-state index is 4.82. The van der Waals surface area contributed by atoms with Crippen LogP contribution < -0.4 is 0 Å². The lowest BCUT2D eigenvalue weighted by Crippen LogP contribution is -2.23. The molecule has 0 aliphatic heterocycles. The van der Waals surface area contributed by atoms with Crippen LogP contribution in [0.3, 0.4) is 0 Å². The van der Waals surface area contributed by atoms with Gasteiger partial charge in [-0.3, -0.25) is 0 Å². The van der Waals surface area contributed by atoms with Crippen molar-refractivity contribution in [2.45, 2.75) is 51.9 Å². The van der Waals surface area contributed by atoms with Crippen LogP contribution in [0.1, 0.15) is 51.9 Å². The van der Waals surface area contributed by atoms with Gasteiger partial charge in [0.05, 0.1) is 0 Å². The number of hydrogen-bond acceptors (Lipinski definition) is 1. The minimum Gasteiger partial charge on any atom is -0.0837 e. The fourth-order valence-electron chi connectivity index (χ4n) is 2.11. The van der Waals surface area contributed by atoms with Gasteiger partial charge >= 0.3 is 0 Å². The van der Waals surface area contributed by atoms with Crippen molar-refractivity contribution in [3.8, 4) is 0 Å². The molecule has 0 aromatic heterocycles. The Morgan fingerprint density at radius 2 is 1.91 bits per heavy atom. The van der Waals surface area contributed by atoms with Crippen LogP contribution in [0.15, 0.2) is 0 Å². The molecule has 0 aromatic carbocycles. The predicted molar refractivity (Wildman–Crippen MR) is 53.0 cm³/mol. The first-order chi connectivity index (χ1) is 5.33. The molecule has 0 amide bonds. The first-order valence-corrected chi connectivity index (χ1v) is 5.09. The van der Waals surface area contributed by atoms with Crippen molar-refractivity contribution in [3.05, 3.63) is 0 Å². The minimum absolute atomic E-state index is 0.556. The summed E-state index contributed by atoms with van der Waals surface area (Å²) in [6, 6.07) is 0. The summed E-state index contributed by atoms with van der Waals surface area (Å²) in [6.07, 6.45) is 9.34. The van der Waals surface area contributed by atoms with E-state index in [1.54, 1.807) is 0 Å². The summed E-state index contributed by atoms with van der Waals surface area (Å²) in [5, 5.41) is 2.91. The molecule has 1 aliphatic carbocycles. The lowest BCUT2D eigenvalue weighted by atomic mass is 9.70. The van der Waals surface area contributed by atoms with Crippen LogP contribution in [0.5, 0.6) is 0 Å². The maximum Gasteiger partial charge on any atom is 0.0297 e. The Labute approximate surface area is 75.4 Å². The van der Waals surface area contributed by atoms with Gasteiger partial charge in [-0.2, -0.15) is 0 Å². The molecule has 0 saturated heterocycles. The highest BCUT2D eigenvalue weighted by atomic mass is 32.1. The third-order valence-electron chi connectivity index (χ3n) is 3.11. The second-order valence-electron chi connectivity index (χ2n) is 3.74. The standard InChI is InChI=1S/C10H17S/c1-2-10(8-9-11)6-4-3-5-7-10/h2-8H2,1H3. The van der Waals surface area contributed by atoms with Gasteiger partial charge in [0, 0.05) is 5.37 Å². The molecular formula is C10H17S. The van der Waals surface area contributed by atoms with Crippen LogP contribution in [0.25, 0.3) is 0 Å². The molecule has 0 nitrogen and oxygen atoms in total. The molecule has 1 rings (SSSR count). The Morgan fingerprint density at radius 1 is 1.27 bits per heavy atom. The Kier molecular flexibility index (Phi) is 3.50. The number of thiocarbonyl (C=S) groups is 1. The van der Waals surface area contributed by atoms with Crippen molar-refractivity contribution in [2.24, 2.45) is 5.41 Å². The molecule has 1 heteroatoms. The lowest BCUT2D eigenvalue weighted by molar-refractivity contribution is 0.192. The van der Waals surface area contributed by atoms with Gasteiger partial charge < -0.3 is 0 Å². The molecule has 1 fully saturated rings. The highest BCUT2D eigenvalue weighted by molar-refractivity contribution is 7.78. The van der Waals surface area contributed by atoms with E-state index in [0.29, 0.717) is 5.41 Å². The third kappa shape index (κ3) is 2.26. The topological polar surface area (TPSA) is 0 Å². The van der Waals surface area contributed by atoms with Crippen molar-refractivity contribution in [1.82, 2.24) is 0 Å². The molecule has 0 aromatic rings. The van der Waals surface area contributed by atoms with Crippen LogP contribution in [-0.2, 0) is 0 Å². The minimum atomic E-state index is 0.556. The van der Waals surface area contributed by atoms with E-state index in [2.05, 4.69) is 12.3 Å². The molecule has 0 bridgehead atoms. The summed E-state index contributed by atoms with van der Waals surface area (Å²) < 4.78 is 0. The van der Waals surface area contributed by atoms with Gasteiger partial charge in [-0.25, -0.2) is 0 Å². The summed E-state index contributed by atoms with van der Waals surface area (Å²) in [4.78, 5) is 0. The van der Waals surface area contributed by atoms with Crippen molar-refractivity contribution in [1.29, 1.82) is 0 Å². The molecule has 11 heavy (non-hydrogen) atoms. The molecule has 0 atom stereocenters. The van der Waals surface area contributed by atoms with E-state index in [1.807, 2.05) is 0 Å². The van der Waals surface area contributed by atoms with E-state index in [4.69, 9.17) is 12.2 Å². The smallest absolute Gasteiger partial charge is 0.0297 e. The normalized spacial score (nSPS) is 23.0. The Morgan fingerprint density at radius 3 is 2.36 bits per heavy atom. The molecule has 1 saturated carbocycles. The highest BCUT2D eigenvalue weighted by Crippen LogP contribution is 2.41. The summed E-state index contributed by atoms with van der Waals surface area (Å²) in [5.41, 5.74) is 0.556. The molecule has 0 N–H and O–H groups in total. The quantitative estimate of drug-likeness (QED) is 0.581. The van der Waals surface area contributed by atoms with E-state index in [0.717, 1.165) is 6.42 Å². The summed E-state index contributed by atoms with van der Waals surface area (Å²) in [5.74, 6) is 0. The number of hydrogen-bond donors (Lipinski definition) is 0. The monoisotopic (exact) mass is 169 g/mol. The second-order valence-corrected chi connectivity index (χ2v) is 4.02. The van der Waals surface area contributed by atoms with Gasteiger partial charge in [0.1, 0.15) is 0 Å². The van der Waals surface area contributed by atoms with Gasteiger partial charge in [-0.1, -0.05) is 44.8 Å². The van der Waals surface area contributed by atoms with Gasteiger partial charge in [0.25, 0.3) is 0 Å². The fraction of sp³-hybridized carbons (Fsp3) is 0.900. The van der Waals surface area contributed by atoms with Gasteiger partial charge in [-0.05, 0) is 24.7 Å². The highest BCUT2D eigenvalue weighted by Gasteiger charge is 2.28.